The molecule has 138 valence electrons. The summed E-state index contributed by atoms with van der Waals surface area (Å²) in [7, 11) is -4.41. The smallest absolute Gasteiger partial charge is 0.211 e. The fourth-order valence-electron chi connectivity index (χ4n) is 2.59. The van der Waals surface area contributed by atoms with Crippen molar-refractivity contribution in [3.63, 3.8) is 0 Å². The molecule has 1 nitrogen and oxygen atoms in total. The molecule has 3 aromatic carbocycles. The van der Waals surface area contributed by atoms with Crippen LogP contribution in [0, 0.1) is 23.0 Å². The van der Waals surface area contributed by atoms with Gasteiger partial charge in [-0.25, -0.2) is 0 Å². The Morgan fingerprint density at radius 1 is 0.643 bits per heavy atom. The van der Waals surface area contributed by atoms with Crippen molar-refractivity contribution in [2.24, 2.45) is 0 Å². The van der Waals surface area contributed by atoms with Crippen molar-refractivity contribution in [3.8, 4) is 23.0 Å². The quantitative estimate of drug-likeness (QED) is 0.328. The first-order valence-corrected chi connectivity index (χ1v) is 14.5. The second-order valence-corrected chi connectivity index (χ2v) is 14.8. The van der Waals surface area contributed by atoms with Crippen LogP contribution in [0.25, 0.3) is 0 Å². The largest absolute Gasteiger partial charge is 0.300 e. The maximum Gasteiger partial charge on any atom is 0.211 e. The maximum absolute atomic E-state index is 13.9. The fraction of sp³-hybridized carbons (Fsp3) is 0.120. The van der Waals surface area contributed by atoms with Gasteiger partial charge in [0.2, 0.25) is 7.14 Å². The van der Waals surface area contributed by atoms with Crippen LogP contribution in [0.5, 0.6) is 0 Å². The third kappa shape index (κ3) is 5.14. The molecule has 0 bridgehead atoms. The van der Waals surface area contributed by atoms with Gasteiger partial charge >= 0.3 is 0 Å². The van der Waals surface area contributed by atoms with E-state index in [1.165, 1.54) is 0 Å². The molecule has 0 fully saturated rings. The highest BCUT2D eigenvalue weighted by Gasteiger charge is 2.24. The van der Waals surface area contributed by atoms with Crippen LogP contribution in [0.15, 0.2) is 84.9 Å². The Labute approximate surface area is 169 Å². The van der Waals surface area contributed by atoms with Gasteiger partial charge in [0, 0.05) is 21.7 Å². The summed E-state index contributed by atoms with van der Waals surface area (Å²) in [5, 5.41) is 1.51. The summed E-state index contributed by atoms with van der Waals surface area (Å²) in [6.45, 7) is 6.68. The molecule has 0 aliphatic heterocycles. The predicted molar refractivity (Wildman–Crippen MR) is 123 cm³/mol. The Bertz CT molecular complexity index is 1060. The molecule has 0 unspecified atom stereocenters. The van der Waals surface area contributed by atoms with Crippen molar-refractivity contribution in [1.82, 2.24) is 0 Å². The van der Waals surface area contributed by atoms with E-state index < -0.39 is 15.2 Å². The van der Waals surface area contributed by atoms with Crippen LogP contribution >= 0.6 is 7.14 Å². The van der Waals surface area contributed by atoms with E-state index in [4.69, 9.17) is 0 Å². The molecular formula is C25H23OPSi. The van der Waals surface area contributed by atoms with Gasteiger partial charge in [-0.05, 0) is 29.9 Å². The minimum absolute atomic E-state index is 0.756. The number of rotatable bonds is 2. The lowest BCUT2D eigenvalue weighted by Crippen LogP contribution is -2.16. The molecule has 0 amide bonds. The van der Waals surface area contributed by atoms with E-state index in [0.29, 0.717) is 0 Å². The second-order valence-electron chi connectivity index (χ2n) is 7.59. The van der Waals surface area contributed by atoms with Gasteiger partial charge in [0.05, 0.1) is 0 Å². The Kier molecular flexibility index (Phi) is 6.06. The van der Waals surface area contributed by atoms with E-state index >= 15 is 0 Å². The highest BCUT2D eigenvalue weighted by molar-refractivity contribution is 7.83. The molecule has 0 aliphatic rings. The highest BCUT2D eigenvalue weighted by atomic mass is 31.2. The van der Waals surface area contributed by atoms with Crippen molar-refractivity contribution in [3.05, 3.63) is 96.1 Å². The first kappa shape index (κ1) is 20.0. The fourth-order valence-corrected chi connectivity index (χ4v) is 5.14. The van der Waals surface area contributed by atoms with Crippen LogP contribution in [0.1, 0.15) is 11.1 Å². The van der Waals surface area contributed by atoms with E-state index in [1.54, 1.807) is 0 Å². The zero-order valence-electron chi connectivity index (χ0n) is 16.4. The van der Waals surface area contributed by atoms with Crippen molar-refractivity contribution in [2.45, 2.75) is 19.6 Å². The molecule has 0 radical (unpaired) electrons. The first-order valence-electron chi connectivity index (χ1n) is 9.25. The molecule has 0 heterocycles. The Hall–Kier alpha value is -2.77. The number of benzene rings is 3. The van der Waals surface area contributed by atoms with Crippen molar-refractivity contribution in [1.29, 1.82) is 0 Å². The topological polar surface area (TPSA) is 17.1 Å². The summed E-state index contributed by atoms with van der Waals surface area (Å²) in [5.41, 5.74) is 8.29. The Morgan fingerprint density at radius 3 is 1.50 bits per heavy atom. The first-order chi connectivity index (χ1) is 13.4. The summed E-state index contributed by atoms with van der Waals surface area (Å²) < 4.78 is 13.9. The van der Waals surface area contributed by atoms with E-state index in [9.17, 15) is 4.57 Å². The van der Waals surface area contributed by atoms with E-state index in [1.807, 2.05) is 84.9 Å². The van der Waals surface area contributed by atoms with Gasteiger partial charge in [-0.15, -0.1) is 5.54 Å². The van der Waals surface area contributed by atoms with Gasteiger partial charge in [0.15, 0.2) is 0 Å². The normalized spacial score (nSPS) is 11.0. The maximum atomic E-state index is 13.9. The van der Waals surface area contributed by atoms with Crippen LogP contribution in [0.3, 0.4) is 0 Å². The molecule has 0 aromatic heterocycles. The minimum atomic E-state index is -3.02. The Morgan fingerprint density at radius 2 is 1.07 bits per heavy atom. The van der Waals surface area contributed by atoms with Crippen molar-refractivity contribution >= 4 is 25.8 Å². The molecule has 0 saturated heterocycles. The monoisotopic (exact) mass is 398 g/mol. The van der Waals surface area contributed by atoms with E-state index in [-0.39, 0.29) is 0 Å². The highest BCUT2D eigenvalue weighted by Crippen LogP contribution is 2.41. The predicted octanol–water partition coefficient (Wildman–Crippen LogP) is 5.24. The second kappa shape index (κ2) is 8.49. The van der Waals surface area contributed by atoms with Gasteiger partial charge in [-0.1, -0.05) is 92.1 Å². The molecule has 3 rings (SSSR count). The van der Waals surface area contributed by atoms with Gasteiger partial charge in [0.1, 0.15) is 8.07 Å². The summed E-state index contributed by atoms with van der Waals surface area (Å²) in [5.74, 6) is 6.37. The zero-order chi connectivity index (χ0) is 20.0. The summed E-state index contributed by atoms with van der Waals surface area (Å²) >= 11 is 0. The van der Waals surface area contributed by atoms with Crippen LogP contribution in [0.2, 0.25) is 19.6 Å². The lowest BCUT2D eigenvalue weighted by atomic mass is 10.1. The summed E-state index contributed by atoms with van der Waals surface area (Å²) in [6, 6.07) is 26.8. The molecule has 0 atom stereocenters. The van der Waals surface area contributed by atoms with Gasteiger partial charge in [-0.3, -0.25) is 4.57 Å². The standard InChI is InChI=1S/C25H23OPSi/c1-28(2,3)21-19-23-16-14-22(15-17-23)18-20-27(26,24-10-6-4-7-11-24)25-12-8-5-9-13-25/h4-17H,1-3H3. The molecule has 0 spiro atoms. The SMILES string of the molecule is C[Si](C)(C)C#Cc1ccc(C#CP(=O)(c2ccccc2)c2ccccc2)cc1. The number of hydrogen-bond donors (Lipinski definition) is 0. The lowest BCUT2D eigenvalue weighted by Gasteiger charge is -2.12. The van der Waals surface area contributed by atoms with Crippen LogP contribution in [0.4, 0.5) is 0 Å². The van der Waals surface area contributed by atoms with Crippen LogP contribution in [-0.2, 0) is 4.57 Å². The minimum Gasteiger partial charge on any atom is -0.300 e. The number of hydrogen-bond acceptors (Lipinski definition) is 1. The molecular weight excluding hydrogens is 375 g/mol. The average molecular weight is 399 g/mol. The van der Waals surface area contributed by atoms with Gasteiger partial charge in [-0.2, -0.15) is 0 Å². The van der Waals surface area contributed by atoms with Crippen LogP contribution < -0.4 is 10.6 Å². The molecule has 3 aromatic rings. The Balaban J connectivity index is 1.97. The lowest BCUT2D eigenvalue weighted by molar-refractivity contribution is 0.593. The molecule has 0 saturated carbocycles. The third-order valence-electron chi connectivity index (χ3n) is 4.06. The van der Waals surface area contributed by atoms with Gasteiger partial charge in [0.25, 0.3) is 0 Å². The zero-order valence-corrected chi connectivity index (χ0v) is 18.3. The van der Waals surface area contributed by atoms with Crippen molar-refractivity contribution in [2.75, 3.05) is 0 Å². The van der Waals surface area contributed by atoms with Crippen molar-refractivity contribution < 1.29 is 4.57 Å². The molecule has 0 N–H and O–H groups in total. The molecule has 28 heavy (non-hydrogen) atoms. The average Bonchev–Trinajstić information content (AvgIpc) is 2.72. The summed E-state index contributed by atoms with van der Waals surface area (Å²) in [4.78, 5) is 0. The molecule has 3 heteroatoms. The van der Waals surface area contributed by atoms with Crippen LogP contribution in [-0.4, -0.2) is 8.07 Å². The van der Waals surface area contributed by atoms with Gasteiger partial charge < -0.3 is 0 Å². The molecule has 0 aliphatic carbocycles. The third-order valence-corrected chi connectivity index (χ3v) is 7.42. The van der Waals surface area contributed by atoms with E-state index in [2.05, 4.69) is 42.7 Å². The van der Waals surface area contributed by atoms with E-state index in [0.717, 1.165) is 21.7 Å². The summed E-state index contributed by atoms with van der Waals surface area (Å²) in [6.07, 6.45) is 0.